The fourth-order valence-electron chi connectivity index (χ4n) is 1.53. The van der Waals surface area contributed by atoms with Crippen molar-refractivity contribution in [3.63, 3.8) is 0 Å². The van der Waals surface area contributed by atoms with Gasteiger partial charge in [0.15, 0.2) is 0 Å². The van der Waals surface area contributed by atoms with Gasteiger partial charge in [-0.1, -0.05) is 6.92 Å². The van der Waals surface area contributed by atoms with E-state index in [2.05, 4.69) is 10.1 Å². The van der Waals surface area contributed by atoms with Crippen molar-refractivity contribution in [3.05, 3.63) is 0 Å². The molecule has 0 aromatic heterocycles. The zero-order chi connectivity index (χ0) is 10.6. The van der Waals surface area contributed by atoms with Gasteiger partial charge in [-0.3, -0.25) is 4.99 Å². The van der Waals surface area contributed by atoms with E-state index >= 15 is 0 Å². The highest BCUT2D eigenvalue weighted by Crippen LogP contribution is 2.18. The molecule has 0 fully saturated rings. The summed E-state index contributed by atoms with van der Waals surface area (Å²) >= 11 is 0. The topological polar surface area (TPSA) is 92.3 Å². The van der Waals surface area contributed by atoms with Crippen LogP contribution in [0.5, 0.6) is 0 Å². The van der Waals surface area contributed by atoms with E-state index in [0.29, 0.717) is 0 Å². The van der Waals surface area contributed by atoms with Gasteiger partial charge in [-0.15, -0.1) is 5.11 Å². The highest BCUT2D eigenvalue weighted by molar-refractivity contribution is 5.57. The van der Waals surface area contributed by atoms with Crippen LogP contribution >= 0.6 is 0 Å². The molecule has 1 aliphatic rings. The standard InChI is InChI=1S/C8H16N4O2/c1-2-7(5-8(13,14)11-9)12-4-3-10-6-12/h6-7,9,13-14H,2-5H2,1H3. The van der Waals surface area contributed by atoms with Crippen molar-refractivity contribution in [2.75, 3.05) is 13.1 Å². The van der Waals surface area contributed by atoms with E-state index in [-0.39, 0.29) is 12.5 Å². The van der Waals surface area contributed by atoms with Crippen LogP contribution in [0.25, 0.3) is 0 Å². The summed E-state index contributed by atoms with van der Waals surface area (Å²) in [6.45, 7) is 3.50. The number of nitrogens with one attached hydrogen (secondary N) is 1. The van der Waals surface area contributed by atoms with Crippen molar-refractivity contribution in [3.8, 4) is 0 Å². The molecular formula is C8H16N4O2. The molecule has 0 spiro atoms. The van der Waals surface area contributed by atoms with Gasteiger partial charge in [0.2, 0.25) is 0 Å². The number of aliphatic imine (C=N–C) groups is 1. The summed E-state index contributed by atoms with van der Waals surface area (Å²) in [5.74, 6) is -2.24. The average Bonchev–Trinajstić information content (AvgIpc) is 2.67. The third-order valence-electron chi connectivity index (χ3n) is 2.35. The lowest BCUT2D eigenvalue weighted by molar-refractivity contribution is -0.172. The maximum Gasteiger partial charge on any atom is 0.284 e. The molecular weight excluding hydrogens is 184 g/mol. The summed E-state index contributed by atoms with van der Waals surface area (Å²) in [5.41, 5.74) is 6.62. The van der Waals surface area contributed by atoms with Gasteiger partial charge in [0.05, 0.1) is 12.9 Å². The van der Waals surface area contributed by atoms with Crippen LogP contribution in [-0.4, -0.2) is 46.5 Å². The van der Waals surface area contributed by atoms with Crippen LogP contribution < -0.4 is 0 Å². The quantitative estimate of drug-likeness (QED) is 0.436. The smallest absolute Gasteiger partial charge is 0.284 e. The first-order valence-electron chi connectivity index (χ1n) is 4.68. The van der Waals surface area contributed by atoms with E-state index in [1.54, 1.807) is 6.34 Å². The number of hydrogen-bond acceptors (Lipinski definition) is 6. The second-order valence-corrected chi connectivity index (χ2v) is 3.41. The summed E-state index contributed by atoms with van der Waals surface area (Å²) in [5, 5.41) is 21.2. The Bertz CT molecular complexity index is 229. The zero-order valence-corrected chi connectivity index (χ0v) is 8.22. The summed E-state index contributed by atoms with van der Waals surface area (Å²) in [6, 6.07) is -0.0228. The second kappa shape index (κ2) is 4.47. The van der Waals surface area contributed by atoms with E-state index in [4.69, 9.17) is 5.53 Å². The molecule has 0 saturated heterocycles. The van der Waals surface area contributed by atoms with Crippen LogP contribution in [0.2, 0.25) is 0 Å². The normalized spacial score (nSPS) is 18.6. The summed E-state index contributed by atoms with van der Waals surface area (Å²) < 4.78 is 0. The Morgan fingerprint density at radius 1 is 1.71 bits per heavy atom. The van der Waals surface area contributed by atoms with Crippen LogP contribution in [0.4, 0.5) is 0 Å². The third-order valence-corrected chi connectivity index (χ3v) is 2.35. The van der Waals surface area contributed by atoms with E-state index < -0.39 is 5.91 Å². The first-order chi connectivity index (χ1) is 6.59. The van der Waals surface area contributed by atoms with Gasteiger partial charge in [-0.25, -0.2) is 5.53 Å². The van der Waals surface area contributed by atoms with E-state index in [1.807, 2.05) is 11.8 Å². The van der Waals surface area contributed by atoms with Gasteiger partial charge in [0, 0.05) is 19.0 Å². The Morgan fingerprint density at radius 2 is 2.43 bits per heavy atom. The minimum atomic E-state index is -2.24. The highest BCUT2D eigenvalue weighted by atomic mass is 16.5. The summed E-state index contributed by atoms with van der Waals surface area (Å²) in [6.07, 6.45) is 2.53. The minimum absolute atomic E-state index is 0.0228. The van der Waals surface area contributed by atoms with Crippen molar-refractivity contribution in [1.29, 1.82) is 5.53 Å². The number of rotatable bonds is 5. The maximum absolute atomic E-state index is 9.22. The number of hydrogen-bond donors (Lipinski definition) is 3. The molecule has 80 valence electrons. The van der Waals surface area contributed by atoms with Crippen LogP contribution in [0.3, 0.4) is 0 Å². The van der Waals surface area contributed by atoms with Gasteiger partial charge in [-0.2, -0.15) is 0 Å². The first kappa shape index (κ1) is 11.1. The Labute approximate surface area is 82.8 Å². The van der Waals surface area contributed by atoms with Crippen LogP contribution in [0.1, 0.15) is 19.8 Å². The molecule has 1 unspecified atom stereocenters. The van der Waals surface area contributed by atoms with Crippen molar-refractivity contribution < 1.29 is 10.2 Å². The predicted octanol–water partition coefficient (Wildman–Crippen LogP) is 0.168. The summed E-state index contributed by atoms with van der Waals surface area (Å²) in [7, 11) is 0. The fourth-order valence-corrected chi connectivity index (χ4v) is 1.53. The molecule has 6 heteroatoms. The third kappa shape index (κ3) is 2.74. The van der Waals surface area contributed by atoms with Gasteiger partial charge in [0.1, 0.15) is 0 Å². The van der Waals surface area contributed by atoms with Gasteiger partial charge in [0.25, 0.3) is 5.91 Å². The average molecular weight is 200 g/mol. The zero-order valence-electron chi connectivity index (χ0n) is 8.22. The van der Waals surface area contributed by atoms with Crippen molar-refractivity contribution >= 4 is 6.34 Å². The largest absolute Gasteiger partial charge is 0.358 e. The molecule has 0 aromatic rings. The molecule has 1 atom stereocenters. The van der Waals surface area contributed by atoms with Crippen molar-refractivity contribution in [2.24, 2.45) is 10.1 Å². The molecule has 0 aliphatic carbocycles. The van der Waals surface area contributed by atoms with E-state index in [9.17, 15) is 10.2 Å². The Hall–Kier alpha value is -1.01. The van der Waals surface area contributed by atoms with Crippen molar-refractivity contribution in [2.45, 2.75) is 31.7 Å². The number of aliphatic hydroxyl groups is 2. The Kier molecular flexibility index (Phi) is 3.54. The lowest BCUT2D eigenvalue weighted by atomic mass is 10.1. The highest BCUT2D eigenvalue weighted by Gasteiger charge is 2.29. The molecule has 1 aliphatic heterocycles. The maximum atomic E-state index is 9.22. The lowest BCUT2D eigenvalue weighted by Crippen LogP contribution is -2.40. The molecule has 1 heterocycles. The van der Waals surface area contributed by atoms with Gasteiger partial charge >= 0.3 is 0 Å². The Morgan fingerprint density at radius 3 is 2.86 bits per heavy atom. The molecule has 0 saturated carbocycles. The first-order valence-corrected chi connectivity index (χ1v) is 4.68. The SMILES string of the molecule is CCC(CC(O)(O)N=N)N1C=NCC1. The van der Waals surface area contributed by atoms with E-state index in [1.165, 1.54) is 0 Å². The van der Waals surface area contributed by atoms with Gasteiger partial charge in [-0.05, 0) is 6.42 Å². The molecule has 1 rings (SSSR count). The predicted molar refractivity (Wildman–Crippen MR) is 51.1 cm³/mol. The van der Waals surface area contributed by atoms with Crippen LogP contribution in [0.15, 0.2) is 10.1 Å². The molecule has 0 aromatic carbocycles. The lowest BCUT2D eigenvalue weighted by Gasteiger charge is -2.28. The number of nitrogens with zero attached hydrogens (tertiary/aromatic N) is 3. The molecule has 3 N–H and O–H groups in total. The van der Waals surface area contributed by atoms with Crippen molar-refractivity contribution in [1.82, 2.24) is 4.90 Å². The van der Waals surface area contributed by atoms with Crippen LogP contribution in [-0.2, 0) is 0 Å². The fraction of sp³-hybridized carbons (Fsp3) is 0.875. The van der Waals surface area contributed by atoms with Gasteiger partial charge < -0.3 is 15.1 Å². The molecule has 0 amide bonds. The molecule has 6 nitrogen and oxygen atoms in total. The Balaban J connectivity index is 2.54. The molecule has 14 heavy (non-hydrogen) atoms. The van der Waals surface area contributed by atoms with Crippen LogP contribution in [0, 0.1) is 5.53 Å². The molecule has 0 radical (unpaired) electrons. The molecule has 0 bridgehead atoms. The minimum Gasteiger partial charge on any atom is -0.358 e. The van der Waals surface area contributed by atoms with E-state index in [0.717, 1.165) is 19.5 Å². The summed E-state index contributed by atoms with van der Waals surface area (Å²) in [4.78, 5) is 6.00. The second-order valence-electron chi connectivity index (χ2n) is 3.41. The monoisotopic (exact) mass is 200 g/mol.